The standard InChI is InChI=1S/C14H19N3O5S/c18-14(12-4-6-13(7-5-12)17(19)20)15-8-9-23(21,22)16-10-11-2-1-3-11/h4-7,11,16H,1-3,8-10H2,(H,15,18). The molecule has 2 N–H and O–H groups in total. The minimum Gasteiger partial charge on any atom is -0.351 e. The number of rotatable bonds is 8. The Hall–Kier alpha value is -2.00. The molecule has 0 atom stereocenters. The molecule has 1 amide bonds. The molecule has 1 aliphatic rings. The Morgan fingerprint density at radius 1 is 1.26 bits per heavy atom. The van der Waals surface area contributed by atoms with Crippen LogP contribution >= 0.6 is 0 Å². The first-order chi connectivity index (χ1) is 10.9. The zero-order valence-electron chi connectivity index (χ0n) is 12.5. The molecule has 0 spiro atoms. The first-order valence-corrected chi connectivity index (χ1v) is 9.02. The first-order valence-electron chi connectivity index (χ1n) is 7.37. The Labute approximate surface area is 134 Å². The highest BCUT2D eigenvalue weighted by Gasteiger charge is 2.20. The molecule has 8 nitrogen and oxygen atoms in total. The maximum Gasteiger partial charge on any atom is 0.269 e. The molecule has 0 radical (unpaired) electrons. The smallest absolute Gasteiger partial charge is 0.269 e. The number of benzene rings is 1. The SMILES string of the molecule is O=C(NCCS(=O)(=O)NCC1CCC1)c1ccc([N+](=O)[O-])cc1. The van der Waals surface area contributed by atoms with Crippen LogP contribution in [0.3, 0.4) is 0 Å². The Balaban J connectivity index is 1.75. The molecular weight excluding hydrogens is 322 g/mol. The van der Waals surface area contributed by atoms with Gasteiger partial charge in [0, 0.05) is 30.8 Å². The molecular formula is C14H19N3O5S. The van der Waals surface area contributed by atoms with E-state index in [0.717, 1.165) is 19.3 Å². The lowest BCUT2D eigenvalue weighted by Crippen LogP contribution is -2.37. The summed E-state index contributed by atoms with van der Waals surface area (Å²) in [4.78, 5) is 21.8. The monoisotopic (exact) mass is 341 g/mol. The molecule has 0 saturated heterocycles. The lowest BCUT2D eigenvalue weighted by molar-refractivity contribution is -0.384. The van der Waals surface area contributed by atoms with Crippen molar-refractivity contribution in [3.63, 3.8) is 0 Å². The molecule has 1 aromatic rings. The first kappa shape index (κ1) is 17.4. The average Bonchev–Trinajstić information content (AvgIpc) is 2.45. The van der Waals surface area contributed by atoms with Gasteiger partial charge < -0.3 is 5.32 Å². The largest absolute Gasteiger partial charge is 0.351 e. The van der Waals surface area contributed by atoms with E-state index in [-0.39, 0.29) is 23.5 Å². The Kier molecular flexibility index (Phi) is 5.67. The van der Waals surface area contributed by atoms with Gasteiger partial charge in [0.15, 0.2) is 0 Å². The van der Waals surface area contributed by atoms with Crippen LogP contribution < -0.4 is 10.0 Å². The van der Waals surface area contributed by atoms with E-state index in [4.69, 9.17) is 0 Å². The van der Waals surface area contributed by atoms with Crippen LogP contribution in [-0.4, -0.2) is 38.1 Å². The van der Waals surface area contributed by atoms with Gasteiger partial charge in [0.25, 0.3) is 11.6 Å². The van der Waals surface area contributed by atoms with Crippen LogP contribution in [0.4, 0.5) is 5.69 Å². The van der Waals surface area contributed by atoms with Crippen molar-refractivity contribution in [2.75, 3.05) is 18.8 Å². The molecule has 126 valence electrons. The van der Waals surface area contributed by atoms with Crippen LogP contribution in [0.2, 0.25) is 0 Å². The van der Waals surface area contributed by atoms with Gasteiger partial charge in [-0.1, -0.05) is 6.42 Å². The van der Waals surface area contributed by atoms with Crippen molar-refractivity contribution < 1.29 is 18.1 Å². The van der Waals surface area contributed by atoms with Gasteiger partial charge in [-0.15, -0.1) is 0 Å². The maximum atomic E-state index is 11.8. The Bertz CT molecular complexity index is 668. The van der Waals surface area contributed by atoms with Crippen molar-refractivity contribution in [3.8, 4) is 0 Å². The molecule has 1 aliphatic carbocycles. The number of nitro benzene ring substituents is 1. The van der Waals surface area contributed by atoms with Crippen LogP contribution in [0.15, 0.2) is 24.3 Å². The summed E-state index contributed by atoms with van der Waals surface area (Å²) in [5.41, 5.74) is 0.139. The summed E-state index contributed by atoms with van der Waals surface area (Å²) < 4.78 is 26.1. The number of non-ortho nitro benzene ring substituents is 1. The van der Waals surface area contributed by atoms with Gasteiger partial charge in [0.1, 0.15) is 0 Å². The second-order valence-electron chi connectivity index (χ2n) is 5.52. The molecule has 0 unspecified atom stereocenters. The van der Waals surface area contributed by atoms with Crippen molar-refractivity contribution in [3.05, 3.63) is 39.9 Å². The van der Waals surface area contributed by atoms with E-state index in [2.05, 4.69) is 10.0 Å². The highest BCUT2D eigenvalue weighted by molar-refractivity contribution is 7.89. The van der Waals surface area contributed by atoms with Crippen molar-refractivity contribution in [2.24, 2.45) is 5.92 Å². The van der Waals surface area contributed by atoms with E-state index in [1.807, 2.05) is 0 Å². The molecule has 1 saturated carbocycles. The summed E-state index contributed by atoms with van der Waals surface area (Å²) in [6.45, 7) is 0.439. The molecule has 23 heavy (non-hydrogen) atoms. The number of nitrogens with zero attached hydrogens (tertiary/aromatic N) is 1. The fraction of sp³-hybridized carbons (Fsp3) is 0.500. The minimum atomic E-state index is -3.40. The van der Waals surface area contributed by atoms with Gasteiger partial charge in [-0.3, -0.25) is 14.9 Å². The number of nitro groups is 1. The van der Waals surface area contributed by atoms with E-state index in [9.17, 15) is 23.3 Å². The van der Waals surface area contributed by atoms with E-state index in [1.165, 1.54) is 24.3 Å². The van der Waals surface area contributed by atoms with Crippen molar-refractivity contribution in [1.29, 1.82) is 0 Å². The molecule has 0 aliphatic heterocycles. The van der Waals surface area contributed by atoms with E-state index in [0.29, 0.717) is 12.5 Å². The number of nitrogens with one attached hydrogen (secondary N) is 2. The molecule has 0 aromatic heterocycles. The summed E-state index contributed by atoms with van der Waals surface area (Å²) in [5, 5.41) is 13.0. The van der Waals surface area contributed by atoms with E-state index in [1.54, 1.807) is 0 Å². The molecule has 2 rings (SSSR count). The molecule has 0 heterocycles. The van der Waals surface area contributed by atoms with Crippen molar-refractivity contribution in [1.82, 2.24) is 10.0 Å². The quantitative estimate of drug-likeness (QED) is 0.541. The van der Waals surface area contributed by atoms with Gasteiger partial charge in [-0.2, -0.15) is 0 Å². The summed E-state index contributed by atoms with van der Waals surface area (Å²) in [6, 6.07) is 5.12. The zero-order chi connectivity index (χ0) is 16.9. The maximum absolute atomic E-state index is 11.8. The van der Waals surface area contributed by atoms with Gasteiger partial charge in [0.2, 0.25) is 10.0 Å². The minimum absolute atomic E-state index is 0.0180. The second kappa shape index (κ2) is 7.51. The van der Waals surface area contributed by atoms with Crippen LogP contribution in [0, 0.1) is 16.0 Å². The number of sulfonamides is 1. The summed E-state index contributed by atoms with van der Waals surface area (Å²) in [7, 11) is -3.40. The fourth-order valence-electron chi connectivity index (χ4n) is 2.15. The second-order valence-corrected chi connectivity index (χ2v) is 7.45. The number of hydrogen-bond acceptors (Lipinski definition) is 5. The normalized spacial score (nSPS) is 15.0. The van der Waals surface area contributed by atoms with Crippen LogP contribution in [-0.2, 0) is 10.0 Å². The van der Waals surface area contributed by atoms with Gasteiger partial charge >= 0.3 is 0 Å². The van der Waals surface area contributed by atoms with Crippen LogP contribution in [0.1, 0.15) is 29.6 Å². The topological polar surface area (TPSA) is 118 Å². The number of carbonyl (C=O) groups excluding carboxylic acids is 1. The third-order valence-corrected chi connectivity index (χ3v) is 5.16. The fourth-order valence-corrected chi connectivity index (χ4v) is 3.15. The summed E-state index contributed by atoms with van der Waals surface area (Å²) in [6.07, 6.45) is 3.26. The summed E-state index contributed by atoms with van der Waals surface area (Å²) >= 11 is 0. The van der Waals surface area contributed by atoms with Gasteiger partial charge in [-0.25, -0.2) is 13.1 Å². The number of carbonyl (C=O) groups is 1. The lowest BCUT2D eigenvalue weighted by atomic mass is 9.86. The highest BCUT2D eigenvalue weighted by atomic mass is 32.2. The number of hydrogen-bond donors (Lipinski definition) is 2. The summed E-state index contributed by atoms with van der Waals surface area (Å²) in [5.74, 6) is -0.230. The number of amides is 1. The zero-order valence-corrected chi connectivity index (χ0v) is 13.3. The third-order valence-electron chi connectivity index (χ3n) is 3.81. The van der Waals surface area contributed by atoms with Crippen molar-refractivity contribution in [2.45, 2.75) is 19.3 Å². The Morgan fingerprint density at radius 2 is 1.91 bits per heavy atom. The van der Waals surface area contributed by atoms with Gasteiger partial charge in [0.05, 0.1) is 10.7 Å². The molecule has 9 heteroatoms. The molecule has 1 aromatic carbocycles. The van der Waals surface area contributed by atoms with Crippen molar-refractivity contribution >= 4 is 21.6 Å². The van der Waals surface area contributed by atoms with Crippen LogP contribution in [0.5, 0.6) is 0 Å². The predicted octanol–water partition coefficient (Wildman–Crippen LogP) is 1.04. The molecule has 0 bridgehead atoms. The lowest BCUT2D eigenvalue weighted by Gasteiger charge is -2.25. The van der Waals surface area contributed by atoms with E-state index >= 15 is 0 Å². The van der Waals surface area contributed by atoms with Crippen LogP contribution in [0.25, 0.3) is 0 Å². The third kappa shape index (κ3) is 5.29. The molecule has 1 fully saturated rings. The van der Waals surface area contributed by atoms with E-state index < -0.39 is 20.9 Å². The Morgan fingerprint density at radius 3 is 2.43 bits per heavy atom. The predicted molar refractivity (Wildman–Crippen MR) is 84.6 cm³/mol. The highest BCUT2D eigenvalue weighted by Crippen LogP contribution is 2.25. The average molecular weight is 341 g/mol. The van der Waals surface area contributed by atoms with Gasteiger partial charge in [-0.05, 0) is 30.9 Å².